The van der Waals surface area contributed by atoms with E-state index in [2.05, 4.69) is 21.9 Å². The zero-order valence-electron chi connectivity index (χ0n) is 12.4. The van der Waals surface area contributed by atoms with Crippen LogP contribution >= 0.6 is 0 Å². The van der Waals surface area contributed by atoms with Gasteiger partial charge in [0, 0.05) is 18.8 Å². The molecule has 0 aromatic carbocycles. The number of aromatic nitrogens is 1. The summed E-state index contributed by atoms with van der Waals surface area (Å²) in [6, 6.07) is 5.42. The number of allylic oxidation sites excluding steroid dienone is 1. The third kappa shape index (κ3) is 5.27. The van der Waals surface area contributed by atoms with Crippen LogP contribution in [0.1, 0.15) is 19.0 Å². The molecule has 114 valence electrons. The smallest absolute Gasteiger partial charge is 0.171 e. The Bertz CT molecular complexity index is 512. The Morgan fingerprint density at radius 3 is 2.90 bits per heavy atom. The van der Waals surface area contributed by atoms with Gasteiger partial charge in [-0.2, -0.15) is 0 Å². The number of methoxy groups -OCH3 is 1. The molecule has 1 unspecified atom stereocenters. The summed E-state index contributed by atoms with van der Waals surface area (Å²) in [6.45, 7) is 5.70. The Morgan fingerprint density at radius 1 is 1.62 bits per heavy atom. The van der Waals surface area contributed by atoms with E-state index in [0.717, 1.165) is 0 Å². The SMILES string of the molecule is C=C/C(OC)=C(\N=C(N)c1ccccn1)NC(C)CCO. The van der Waals surface area contributed by atoms with E-state index in [1.165, 1.54) is 7.11 Å². The summed E-state index contributed by atoms with van der Waals surface area (Å²) in [6.07, 6.45) is 3.77. The van der Waals surface area contributed by atoms with E-state index in [9.17, 15) is 0 Å². The van der Waals surface area contributed by atoms with Gasteiger partial charge in [-0.25, -0.2) is 4.99 Å². The summed E-state index contributed by atoms with van der Waals surface area (Å²) in [7, 11) is 1.53. The number of amidine groups is 1. The van der Waals surface area contributed by atoms with E-state index in [1.54, 1.807) is 24.4 Å². The molecule has 0 radical (unpaired) electrons. The van der Waals surface area contributed by atoms with Gasteiger partial charge in [0.1, 0.15) is 5.69 Å². The van der Waals surface area contributed by atoms with Crippen LogP contribution in [0.4, 0.5) is 0 Å². The number of aliphatic imine (C=N–C) groups is 1. The zero-order chi connectivity index (χ0) is 15.7. The summed E-state index contributed by atoms with van der Waals surface area (Å²) in [5.41, 5.74) is 6.54. The first-order valence-corrected chi connectivity index (χ1v) is 6.66. The molecule has 6 heteroatoms. The minimum Gasteiger partial charge on any atom is -0.493 e. The number of pyridine rings is 1. The summed E-state index contributed by atoms with van der Waals surface area (Å²) in [5.74, 6) is 1.20. The largest absolute Gasteiger partial charge is 0.493 e. The van der Waals surface area contributed by atoms with Crippen molar-refractivity contribution in [1.82, 2.24) is 10.3 Å². The van der Waals surface area contributed by atoms with E-state index in [4.69, 9.17) is 15.6 Å². The van der Waals surface area contributed by atoms with Gasteiger partial charge in [0.2, 0.25) is 0 Å². The van der Waals surface area contributed by atoms with Gasteiger partial charge in [-0.15, -0.1) is 0 Å². The van der Waals surface area contributed by atoms with Gasteiger partial charge < -0.3 is 20.9 Å². The normalized spacial score (nSPS) is 14.1. The van der Waals surface area contributed by atoms with Crippen LogP contribution in [-0.4, -0.2) is 35.7 Å². The highest BCUT2D eigenvalue weighted by molar-refractivity contribution is 5.96. The van der Waals surface area contributed by atoms with Crippen molar-refractivity contribution in [3.05, 3.63) is 54.3 Å². The van der Waals surface area contributed by atoms with Crippen molar-refractivity contribution < 1.29 is 9.84 Å². The van der Waals surface area contributed by atoms with Crippen molar-refractivity contribution in [3.8, 4) is 0 Å². The molecule has 0 amide bonds. The van der Waals surface area contributed by atoms with Crippen molar-refractivity contribution in [2.24, 2.45) is 10.7 Å². The molecule has 0 bridgehead atoms. The second kappa shape index (κ2) is 8.76. The molecular formula is C15H22N4O2. The lowest BCUT2D eigenvalue weighted by Crippen LogP contribution is -2.28. The predicted molar refractivity (Wildman–Crippen MR) is 83.5 cm³/mol. The summed E-state index contributed by atoms with van der Waals surface area (Å²) < 4.78 is 5.23. The number of nitrogens with one attached hydrogen (secondary N) is 1. The summed E-state index contributed by atoms with van der Waals surface area (Å²) in [4.78, 5) is 8.48. The number of nitrogens with two attached hydrogens (primary N) is 1. The maximum absolute atomic E-state index is 8.98. The van der Waals surface area contributed by atoms with Crippen LogP contribution < -0.4 is 11.1 Å². The second-order valence-electron chi connectivity index (χ2n) is 4.39. The topological polar surface area (TPSA) is 92.8 Å². The highest BCUT2D eigenvalue weighted by Gasteiger charge is 2.10. The molecule has 1 heterocycles. The lowest BCUT2D eigenvalue weighted by atomic mass is 10.2. The lowest BCUT2D eigenvalue weighted by Gasteiger charge is -2.16. The molecule has 4 N–H and O–H groups in total. The molecule has 1 atom stereocenters. The molecule has 0 fully saturated rings. The molecule has 1 rings (SSSR count). The van der Waals surface area contributed by atoms with E-state index < -0.39 is 0 Å². The Balaban J connectivity index is 3.08. The average Bonchev–Trinajstić information content (AvgIpc) is 2.49. The second-order valence-corrected chi connectivity index (χ2v) is 4.39. The Labute approximate surface area is 125 Å². The molecule has 1 aromatic rings. The third-order valence-electron chi connectivity index (χ3n) is 2.74. The standard InChI is InChI=1S/C15H22N4O2/c1-4-13(21-3)15(18-11(2)8-10-20)19-14(16)12-7-5-6-9-17-12/h4-7,9,11,18,20H,1,8,10H2,2-3H3,(H2,16,19)/b15-13+. The number of ether oxygens (including phenoxy) is 1. The molecule has 1 aromatic heterocycles. The van der Waals surface area contributed by atoms with Gasteiger partial charge in [-0.3, -0.25) is 4.98 Å². The Hall–Kier alpha value is -2.34. The Morgan fingerprint density at radius 2 is 2.38 bits per heavy atom. The molecule has 0 aliphatic heterocycles. The van der Waals surface area contributed by atoms with Crippen molar-refractivity contribution in [1.29, 1.82) is 0 Å². The van der Waals surface area contributed by atoms with Gasteiger partial charge in [0.05, 0.1) is 7.11 Å². The minimum atomic E-state index is 0.00961. The first kappa shape index (κ1) is 16.7. The van der Waals surface area contributed by atoms with E-state index in [-0.39, 0.29) is 18.5 Å². The maximum atomic E-state index is 8.98. The zero-order valence-corrected chi connectivity index (χ0v) is 12.4. The molecular weight excluding hydrogens is 268 g/mol. The first-order valence-electron chi connectivity index (χ1n) is 6.66. The summed E-state index contributed by atoms with van der Waals surface area (Å²) >= 11 is 0. The van der Waals surface area contributed by atoms with Gasteiger partial charge >= 0.3 is 0 Å². The minimum absolute atomic E-state index is 0.00961. The number of nitrogens with zero attached hydrogens (tertiary/aromatic N) is 2. The highest BCUT2D eigenvalue weighted by atomic mass is 16.5. The lowest BCUT2D eigenvalue weighted by molar-refractivity contribution is 0.268. The fourth-order valence-electron chi connectivity index (χ4n) is 1.63. The molecule has 0 saturated heterocycles. The molecule has 0 aliphatic carbocycles. The van der Waals surface area contributed by atoms with E-state index in [0.29, 0.717) is 23.7 Å². The van der Waals surface area contributed by atoms with Crippen LogP contribution in [0.2, 0.25) is 0 Å². The van der Waals surface area contributed by atoms with Crippen LogP contribution in [0.5, 0.6) is 0 Å². The number of rotatable bonds is 8. The van der Waals surface area contributed by atoms with Crippen LogP contribution in [-0.2, 0) is 4.74 Å². The molecule has 0 spiro atoms. The van der Waals surface area contributed by atoms with Gasteiger partial charge in [0.25, 0.3) is 0 Å². The number of hydrogen-bond donors (Lipinski definition) is 3. The average molecular weight is 290 g/mol. The number of hydrogen-bond acceptors (Lipinski definition) is 5. The highest BCUT2D eigenvalue weighted by Crippen LogP contribution is 2.09. The predicted octanol–water partition coefficient (Wildman–Crippen LogP) is 1.15. The monoisotopic (exact) mass is 290 g/mol. The molecule has 0 aliphatic rings. The van der Waals surface area contributed by atoms with E-state index >= 15 is 0 Å². The molecule has 6 nitrogen and oxygen atoms in total. The fraction of sp³-hybridized carbons (Fsp3) is 0.333. The number of aliphatic hydroxyl groups excluding tert-OH is 1. The molecule has 0 saturated carbocycles. The van der Waals surface area contributed by atoms with Crippen molar-refractivity contribution >= 4 is 5.84 Å². The number of aliphatic hydroxyl groups is 1. The Kier molecular flexibility index (Phi) is 6.97. The van der Waals surface area contributed by atoms with Crippen molar-refractivity contribution in [3.63, 3.8) is 0 Å². The van der Waals surface area contributed by atoms with Crippen LogP contribution in [0, 0.1) is 0 Å². The maximum Gasteiger partial charge on any atom is 0.171 e. The van der Waals surface area contributed by atoms with Crippen molar-refractivity contribution in [2.45, 2.75) is 19.4 Å². The van der Waals surface area contributed by atoms with Crippen LogP contribution in [0.25, 0.3) is 0 Å². The summed E-state index contributed by atoms with van der Waals surface area (Å²) in [5, 5.41) is 12.1. The van der Waals surface area contributed by atoms with Crippen LogP contribution in [0.15, 0.2) is 53.6 Å². The van der Waals surface area contributed by atoms with Crippen molar-refractivity contribution in [2.75, 3.05) is 13.7 Å². The third-order valence-corrected chi connectivity index (χ3v) is 2.74. The van der Waals surface area contributed by atoms with Gasteiger partial charge in [-0.1, -0.05) is 12.6 Å². The van der Waals surface area contributed by atoms with Gasteiger partial charge in [-0.05, 0) is 31.6 Å². The fourth-order valence-corrected chi connectivity index (χ4v) is 1.63. The first-order chi connectivity index (χ1) is 10.1. The quantitative estimate of drug-likeness (QED) is 0.289. The van der Waals surface area contributed by atoms with E-state index in [1.807, 2.05) is 13.0 Å². The van der Waals surface area contributed by atoms with Gasteiger partial charge in [0.15, 0.2) is 17.4 Å². The van der Waals surface area contributed by atoms with Crippen LogP contribution in [0.3, 0.4) is 0 Å². The molecule has 21 heavy (non-hydrogen) atoms.